The Morgan fingerprint density at radius 1 is 0.841 bits per heavy atom. The van der Waals surface area contributed by atoms with E-state index in [0.29, 0.717) is 30.9 Å². The molecule has 0 saturated heterocycles. The maximum atomic E-state index is 12.7. The van der Waals surface area contributed by atoms with Crippen molar-refractivity contribution in [2.24, 2.45) is 5.92 Å². The molecule has 1 heterocycles. The maximum absolute atomic E-state index is 12.7. The van der Waals surface area contributed by atoms with E-state index in [1.807, 2.05) is 11.6 Å². The first-order valence-corrected chi connectivity index (χ1v) is 15.2. The van der Waals surface area contributed by atoms with Gasteiger partial charge < -0.3 is 24.8 Å². The molecule has 3 rings (SSSR count). The first kappa shape index (κ1) is 33.5. The molecule has 0 radical (unpaired) electrons. The van der Waals surface area contributed by atoms with Crippen LogP contribution >= 0.6 is 0 Å². The lowest BCUT2D eigenvalue weighted by Gasteiger charge is -2.10. The van der Waals surface area contributed by atoms with Crippen LogP contribution in [0.15, 0.2) is 71.8 Å². The van der Waals surface area contributed by atoms with Crippen molar-refractivity contribution in [1.82, 2.24) is 20.3 Å². The molecule has 0 aliphatic heterocycles. The fourth-order valence-corrected chi connectivity index (χ4v) is 4.52. The average Bonchev–Trinajstić information content (AvgIpc) is 3.00. The minimum Gasteiger partial charge on any atom is -0.494 e. The van der Waals surface area contributed by atoms with Crippen molar-refractivity contribution in [3.8, 4) is 11.6 Å². The van der Waals surface area contributed by atoms with E-state index in [9.17, 15) is 27.6 Å². The van der Waals surface area contributed by atoms with Crippen molar-refractivity contribution in [2.45, 2.75) is 32.1 Å². The van der Waals surface area contributed by atoms with E-state index in [2.05, 4.69) is 15.6 Å². The molecule has 3 amide bonds. The predicted octanol–water partition coefficient (Wildman–Crippen LogP) is 2.86. The standard InChI is InChI=1S/C30H34N4O9S/c1-4-41-24-10-7-22(8-11-24)27(35)31-16-15-21-5-12-25(13-6-21)44(39,40)34-28(36)23-9-14-26(33-19-23)43-30(38)32-17-18-42-29(37)20(2)3/h5-14,19-20H,4,15-18H2,1-3H3,(H,31,35)(H,32,38)(H,34,36). The number of benzene rings is 2. The van der Waals surface area contributed by atoms with Crippen LogP contribution in [0.3, 0.4) is 0 Å². The van der Waals surface area contributed by atoms with Gasteiger partial charge in [0.1, 0.15) is 12.4 Å². The van der Waals surface area contributed by atoms with Crippen molar-refractivity contribution in [3.05, 3.63) is 83.6 Å². The number of sulfonamides is 1. The molecule has 14 heteroatoms. The Labute approximate surface area is 255 Å². The van der Waals surface area contributed by atoms with Crippen LogP contribution in [0.4, 0.5) is 4.79 Å². The number of carbonyl (C=O) groups excluding carboxylic acids is 4. The zero-order chi connectivity index (χ0) is 32.1. The summed E-state index contributed by atoms with van der Waals surface area (Å²) in [5.41, 5.74) is 1.19. The van der Waals surface area contributed by atoms with E-state index < -0.39 is 28.0 Å². The van der Waals surface area contributed by atoms with Crippen molar-refractivity contribution < 1.29 is 41.8 Å². The van der Waals surface area contributed by atoms with Crippen LogP contribution in [0, 0.1) is 5.92 Å². The van der Waals surface area contributed by atoms with E-state index in [0.717, 1.165) is 11.8 Å². The summed E-state index contributed by atoms with van der Waals surface area (Å²) < 4.78 is 42.7. The normalized spacial score (nSPS) is 10.9. The summed E-state index contributed by atoms with van der Waals surface area (Å²) in [5, 5.41) is 5.20. The van der Waals surface area contributed by atoms with Crippen LogP contribution in [0.2, 0.25) is 0 Å². The summed E-state index contributed by atoms with van der Waals surface area (Å²) in [5.74, 6) is -1.31. The zero-order valence-corrected chi connectivity index (χ0v) is 25.3. The first-order valence-electron chi connectivity index (χ1n) is 13.7. The molecular weight excluding hydrogens is 592 g/mol. The van der Waals surface area contributed by atoms with E-state index in [4.69, 9.17) is 14.2 Å². The first-order chi connectivity index (χ1) is 21.0. The van der Waals surface area contributed by atoms with Crippen molar-refractivity contribution >= 4 is 33.9 Å². The summed E-state index contributed by atoms with van der Waals surface area (Å²) in [6.07, 6.45) is 0.665. The number of carbonyl (C=O) groups is 4. The minimum absolute atomic E-state index is 0.0256. The number of pyridine rings is 1. The molecule has 0 saturated carbocycles. The highest BCUT2D eigenvalue weighted by Crippen LogP contribution is 2.14. The van der Waals surface area contributed by atoms with E-state index in [1.54, 1.807) is 50.2 Å². The van der Waals surface area contributed by atoms with E-state index >= 15 is 0 Å². The quantitative estimate of drug-likeness (QED) is 0.178. The SMILES string of the molecule is CCOc1ccc(C(=O)NCCc2ccc(S(=O)(=O)NC(=O)c3ccc(OC(=O)NCCOC(=O)C(C)C)nc3)cc2)cc1. The molecule has 234 valence electrons. The van der Waals surface area contributed by atoms with Crippen molar-refractivity contribution in [2.75, 3.05) is 26.3 Å². The fraction of sp³-hybridized carbons (Fsp3) is 0.300. The van der Waals surface area contributed by atoms with Crippen LogP contribution in [-0.4, -0.2) is 63.6 Å². The molecule has 0 unspecified atom stereocenters. The van der Waals surface area contributed by atoms with Gasteiger partial charge in [0.15, 0.2) is 0 Å². The number of rotatable bonds is 14. The summed E-state index contributed by atoms with van der Waals surface area (Å²) in [4.78, 5) is 51.9. The van der Waals surface area contributed by atoms with E-state index in [-0.39, 0.29) is 41.3 Å². The van der Waals surface area contributed by atoms with Crippen molar-refractivity contribution in [1.29, 1.82) is 0 Å². The van der Waals surface area contributed by atoms with Gasteiger partial charge >= 0.3 is 12.1 Å². The molecule has 13 nitrogen and oxygen atoms in total. The Bertz CT molecular complexity index is 1540. The molecule has 1 aromatic heterocycles. The maximum Gasteiger partial charge on any atom is 0.414 e. The van der Waals surface area contributed by atoms with E-state index in [1.165, 1.54) is 24.3 Å². The lowest BCUT2D eigenvalue weighted by atomic mass is 10.1. The highest BCUT2D eigenvalue weighted by atomic mass is 32.2. The van der Waals surface area contributed by atoms with Gasteiger partial charge in [-0.3, -0.25) is 14.4 Å². The average molecular weight is 627 g/mol. The molecule has 2 aromatic carbocycles. The van der Waals surface area contributed by atoms with Gasteiger partial charge in [-0.2, -0.15) is 0 Å². The third-order valence-corrected chi connectivity index (χ3v) is 7.22. The summed E-state index contributed by atoms with van der Waals surface area (Å²) in [7, 11) is -4.19. The molecule has 0 bridgehead atoms. The molecule has 3 N–H and O–H groups in total. The number of ether oxygens (including phenoxy) is 3. The third-order valence-electron chi connectivity index (χ3n) is 5.87. The number of nitrogens with one attached hydrogen (secondary N) is 3. The van der Waals surface area contributed by atoms with Crippen LogP contribution in [0.25, 0.3) is 0 Å². The topological polar surface area (TPSA) is 179 Å². The number of esters is 1. The second kappa shape index (κ2) is 16.0. The summed E-state index contributed by atoms with van der Waals surface area (Å²) in [6, 6.07) is 15.2. The molecule has 0 fully saturated rings. The van der Waals surface area contributed by atoms with Gasteiger partial charge in [0.25, 0.3) is 21.8 Å². The van der Waals surface area contributed by atoms with Gasteiger partial charge in [0.05, 0.1) is 29.5 Å². The van der Waals surface area contributed by atoms with Crippen LogP contribution in [-0.2, 0) is 26.0 Å². The second-order valence-electron chi connectivity index (χ2n) is 9.57. The lowest BCUT2D eigenvalue weighted by molar-refractivity contribution is -0.147. The lowest BCUT2D eigenvalue weighted by Crippen LogP contribution is -2.31. The third kappa shape index (κ3) is 10.4. The fourth-order valence-electron chi connectivity index (χ4n) is 3.54. The van der Waals surface area contributed by atoms with Gasteiger partial charge in [-0.15, -0.1) is 0 Å². The zero-order valence-electron chi connectivity index (χ0n) is 24.5. The van der Waals surface area contributed by atoms with Gasteiger partial charge in [-0.1, -0.05) is 26.0 Å². The van der Waals surface area contributed by atoms with Crippen LogP contribution in [0.1, 0.15) is 47.1 Å². The largest absolute Gasteiger partial charge is 0.494 e. The Morgan fingerprint density at radius 2 is 1.52 bits per heavy atom. The van der Waals surface area contributed by atoms with Crippen molar-refractivity contribution in [3.63, 3.8) is 0 Å². The Morgan fingerprint density at radius 3 is 2.14 bits per heavy atom. The molecule has 0 spiro atoms. The molecule has 44 heavy (non-hydrogen) atoms. The Kier molecular flexibility index (Phi) is 12.2. The van der Waals surface area contributed by atoms with Gasteiger partial charge in [-0.25, -0.2) is 22.9 Å². The second-order valence-corrected chi connectivity index (χ2v) is 11.2. The molecular formula is C30H34N4O9S. The molecule has 0 aliphatic rings. The monoisotopic (exact) mass is 626 g/mol. The summed E-state index contributed by atoms with van der Waals surface area (Å²) >= 11 is 0. The van der Waals surface area contributed by atoms with Crippen LogP contribution in [0.5, 0.6) is 11.6 Å². The molecule has 0 aliphatic carbocycles. The van der Waals surface area contributed by atoms with Gasteiger partial charge in [-0.05, 0) is 61.4 Å². The smallest absolute Gasteiger partial charge is 0.414 e. The number of hydrogen-bond donors (Lipinski definition) is 3. The molecule has 0 atom stereocenters. The number of hydrogen-bond acceptors (Lipinski definition) is 10. The van der Waals surface area contributed by atoms with Gasteiger partial charge in [0.2, 0.25) is 5.88 Å². The highest BCUT2D eigenvalue weighted by molar-refractivity contribution is 7.90. The number of amides is 3. The van der Waals surface area contributed by atoms with Gasteiger partial charge in [0, 0.05) is 24.4 Å². The summed E-state index contributed by atoms with van der Waals surface area (Å²) in [6.45, 7) is 6.11. The number of aromatic nitrogens is 1. The minimum atomic E-state index is -4.19. The molecule has 3 aromatic rings. The predicted molar refractivity (Wildman–Crippen MR) is 159 cm³/mol. The number of nitrogens with zero attached hydrogens (tertiary/aromatic N) is 1. The Balaban J connectivity index is 1.45. The Hall–Kier alpha value is -4.98. The highest BCUT2D eigenvalue weighted by Gasteiger charge is 2.19. The van der Waals surface area contributed by atoms with Crippen LogP contribution < -0.4 is 24.8 Å².